The second kappa shape index (κ2) is 7.14. The van der Waals surface area contributed by atoms with E-state index in [1.165, 1.54) is 6.07 Å². The molecule has 126 valence electrons. The second-order valence-electron chi connectivity index (χ2n) is 5.13. The van der Waals surface area contributed by atoms with Crippen molar-refractivity contribution >= 4 is 5.91 Å². The standard InChI is InChI=1S/C16H17N3O5/c1-22-7-6-17-15(20)9-19-16(21)5-3-12(18-19)11-2-4-13-14(8-11)24-10-23-13/h2-5,8H,6-7,9-10H2,1H3,(H,17,20). The number of methoxy groups -OCH3 is 1. The van der Waals surface area contributed by atoms with Crippen LogP contribution in [0, 0.1) is 0 Å². The summed E-state index contributed by atoms with van der Waals surface area (Å²) in [6.45, 7) is 0.825. The Labute approximate surface area is 138 Å². The summed E-state index contributed by atoms with van der Waals surface area (Å²) in [5.41, 5.74) is 0.992. The van der Waals surface area contributed by atoms with Crippen LogP contribution >= 0.6 is 0 Å². The monoisotopic (exact) mass is 331 g/mol. The summed E-state index contributed by atoms with van der Waals surface area (Å²) in [5.74, 6) is 0.999. The summed E-state index contributed by atoms with van der Waals surface area (Å²) in [6, 6.07) is 8.39. The Balaban J connectivity index is 1.79. The van der Waals surface area contributed by atoms with Crippen molar-refractivity contribution in [2.24, 2.45) is 0 Å². The van der Waals surface area contributed by atoms with Crippen LogP contribution in [-0.4, -0.2) is 42.7 Å². The summed E-state index contributed by atoms with van der Waals surface area (Å²) in [7, 11) is 1.55. The van der Waals surface area contributed by atoms with Crippen LogP contribution in [0.3, 0.4) is 0 Å². The lowest BCUT2D eigenvalue weighted by molar-refractivity contribution is -0.122. The average Bonchev–Trinajstić information content (AvgIpc) is 3.04. The van der Waals surface area contributed by atoms with Crippen molar-refractivity contribution in [1.82, 2.24) is 15.1 Å². The van der Waals surface area contributed by atoms with Gasteiger partial charge in [-0.2, -0.15) is 5.10 Å². The van der Waals surface area contributed by atoms with Crippen molar-refractivity contribution in [2.45, 2.75) is 6.54 Å². The van der Waals surface area contributed by atoms with Crippen molar-refractivity contribution in [3.63, 3.8) is 0 Å². The molecule has 0 fully saturated rings. The number of hydrogen-bond donors (Lipinski definition) is 1. The highest BCUT2D eigenvalue weighted by Crippen LogP contribution is 2.35. The molecule has 1 amide bonds. The molecular formula is C16H17N3O5. The highest BCUT2D eigenvalue weighted by atomic mass is 16.7. The van der Waals surface area contributed by atoms with E-state index in [1.54, 1.807) is 25.3 Å². The Kier molecular flexibility index (Phi) is 4.76. The van der Waals surface area contributed by atoms with Crippen LogP contribution < -0.4 is 20.3 Å². The fourth-order valence-electron chi connectivity index (χ4n) is 2.26. The SMILES string of the molecule is COCCNC(=O)Cn1nc(-c2ccc3c(c2)OCO3)ccc1=O. The van der Waals surface area contributed by atoms with Crippen LogP contribution in [-0.2, 0) is 16.1 Å². The number of nitrogens with one attached hydrogen (secondary N) is 1. The van der Waals surface area contributed by atoms with Gasteiger partial charge in [-0.3, -0.25) is 9.59 Å². The molecule has 1 aromatic heterocycles. The molecule has 0 radical (unpaired) electrons. The normalized spacial score (nSPS) is 12.2. The van der Waals surface area contributed by atoms with E-state index in [-0.39, 0.29) is 24.8 Å². The molecule has 0 aliphatic carbocycles. The Morgan fingerprint density at radius 3 is 2.96 bits per heavy atom. The molecular weight excluding hydrogens is 314 g/mol. The van der Waals surface area contributed by atoms with Crippen LogP contribution in [0.5, 0.6) is 11.5 Å². The molecule has 8 nitrogen and oxygen atoms in total. The Hall–Kier alpha value is -2.87. The Morgan fingerprint density at radius 1 is 1.29 bits per heavy atom. The zero-order chi connectivity index (χ0) is 16.9. The van der Waals surface area contributed by atoms with E-state index in [4.69, 9.17) is 14.2 Å². The molecule has 1 N–H and O–H groups in total. The Bertz CT molecular complexity index is 803. The molecule has 0 saturated carbocycles. The van der Waals surface area contributed by atoms with Crippen LogP contribution in [0.2, 0.25) is 0 Å². The van der Waals surface area contributed by atoms with Crippen molar-refractivity contribution < 1.29 is 19.0 Å². The van der Waals surface area contributed by atoms with Crippen LogP contribution in [0.4, 0.5) is 0 Å². The summed E-state index contributed by atoms with van der Waals surface area (Å²) >= 11 is 0. The molecule has 0 atom stereocenters. The van der Waals surface area contributed by atoms with E-state index in [9.17, 15) is 9.59 Å². The largest absolute Gasteiger partial charge is 0.454 e. The first-order valence-corrected chi connectivity index (χ1v) is 7.41. The molecule has 0 saturated heterocycles. The van der Waals surface area contributed by atoms with Gasteiger partial charge >= 0.3 is 0 Å². The molecule has 0 unspecified atom stereocenters. The third kappa shape index (κ3) is 3.54. The number of aromatic nitrogens is 2. The lowest BCUT2D eigenvalue weighted by Crippen LogP contribution is -2.35. The van der Waals surface area contributed by atoms with Gasteiger partial charge in [-0.05, 0) is 24.3 Å². The lowest BCUT2D eigenvalue weighted by Gasteiger charge is -2.08. The summed E-state index contributed by atoms with van der Waals surface area (Å²) in [4.78, 5) is 23.7. The van der Waals surface area contributed by atoms with Crippen molar-refractivity contribution in [1.29, 1.82) is 0 Å². The topological polar surface area (TPSA) is 91.7 Å². The molecule has 2 aromatic rings. The molecule has 0 bridgehead atoms. The first-order chi connectivity index (χ1) is 11.7. The van der Waals surface area contributed by atoms with E-state index in [0.717, 1.165) is 10.2 Å². The van der Waals surface area contributed by atoms with Gasteiger partial charge in [0, 0.05) is 25.3 Å². The van der Waals surface area contributed by atoms with E-state index >= 15 is 0 Å². The summed E-state index contributed by atoms with van der Waals surface area (Å²) in [5, 5.41) is 6.90. The number of hydrogen-bond acceptors (Lipinski definition) is 6. The molecule has 3 rings (SSSR count). The van der Waals surface area contributed by atoms with E-state index in [0.29, 0.717) is 30.3 Å². The van der Waals surface area contributed by atoms with Gasteiger partial charge in [0.05, 0.1) is 12.3 Å². The van der Waals surface area contributed by atoms with Gasteiger partial charge in [0.1, 0.15) is 6.54 Å². The number of rotatable bonds is 6. The predicted molar refractivity (Wildman–Crippen MR) is 84.9 cm³/mol. The molecule has 0 spiro atoms. The van der Waals surface area contributed by atoms with Gasteiger partial charge in [-0.25, -0.2) is 4.68 Å². The smallest absolute Gasteiger partial charge is 0.267 e. The number of carbonyl (C=O) groups is 1. The zero-order valence-electron chi connectivity index (χ0n) is 13.2. The van der Waals surface area contributed by atoms with Gasteiger partial charge in [0.15, 0.2) is 11.5 Å². The highest BCUT2D eigenvalue weighted by Gasteiger charge is 2.15. The van der Waals surface area contributed by atoms with Gasteiger partial charge in [-0.1, -0.05) is 0 Å². The molecule has 1 aliphatic rings. The third-order valence-electron chi connectivity index (χ3n) is 3.46. The minimum Gasteiger partial charge on any atom is -0.454 e. The fourth-order valence-corrected chi connectivity index (χ4v) is 2.26. The number of fused-ring (bicyclic) bond motifs is 1. The average molecular weight is 331 g/mol. The van der Waals surface area contributed by atoms with Crippen LogP contribution in [0.25, 0.3) is 11.3 Å². The Morgan fingerprint density at radius 2 is 2.12 bits per heavy atom. The summed E-state index contributed by atoms with van der Waals surface area (Å²) in [6.07, 6.45) is 0. The number of ether oxygens (including phenoxy) is 3. The highest BCUT2D eigenvalue weighted by molar-refractivity contribution is 5.75. The van der Waals surface area contributed by atoms with Crippen LogP contribution in [0.1, 0.15) is 0 Å². The van der Waals surface area contributed by atoms with Crippen molar-refractivity contribution in [3.8, 4) is 22.8 Å². The van der Waals surface area contributed by atoms with Crippen LogP contribution in [0.15, 0.2) is 35.1 Å². The second-order valence-corrected chi connectivity index (χ2v) is 5.13. The summed E-state index contributed by atoms with van der Waals surface area (Å²) < 4.78 is 16.6. The first kappa shape index (κ1) is 16.0. The molecule has 2 heterocycles. The lowest BCUT2D eigenvalue weighted by atomic mass is 10.1. The van der Waals surface area contributed by atoms with Gasteiger partial charge in [0.2, 0.25) is 12.7 Å². The fraction of sp³-hybridized carbons (Fsp3) is 0.312. The van der Waals surface area contributed by atoms with Gasteiger partial charge in [0.25, 0.3) is 5.56 Å². The number of carbonyl (C=O) groups excluding carboxylic acids is 1. The maximum absolute atomic E-state index is 11.9. The van der Waals surface area contributed by atoms with E-state index in [2.05, 4.69) is 10.4 Å². The maximum atomic E-state index is 11.9. The number of benzene rings is 1. The van der Waals surface area contributed by atoms with Crippen molar-refractivity contribution in [3.05, 3.63) is 40.7 Å². The number of amides is 1. The number of nitrogens with zero attached hydrogens (tertiary/aromatic N) is 2. The molecule has 1 aromatic carbocycles. The van der Waals surface area contributed by atoms with Gasteiger partial charge < -0.3 is 19.5 Å². The predicted octanol–water partition coefficient (Wildman–Crippen LogP) is 0.402. The van der Waals surface area contributed by atoms with Crippen molar-refractivity contribution in [2.75, 3.05) is 27.1 Å². The maximum Gasteiger partial charge on any atom is 0.267 e. The zero-order valence-corrected chi connectivity index (χ0v) is 13.2. The minimum atomic E-state index is -0.346. The van der Waals surface area contributed by atoms with Gasteiger partial charge in [-0.15, -0.1) is 0 Å². The molecule has 1 aliphatic heterocycles. The molecule has 24 heavy (non-hydrogen) atoms. The quantitative estimate of drug-likeness (QED) is 0.771. The molecule has 8 heteroatoms. The van der Waals surface area contributed by atoms with E-state index in [1.807, 2.05) is 6.07 Å². The minimum absolute atomic E-state index is 0.152. The first-order valence-electron chi connectivity index (χ1n) is 7.41. The van der Waals surface area contributed by atoms with E-state index < -0.39 is 0 Å². The third-order valence-corrected chi connectivity index (χ3v) is 3.46.